The molecule has 0 aromatic heterocycles. The molecule has 2 heterocycles. The SMILES string of the molecule is CC(C)(C(=O)Nc1ccc2c(c1)OCO2)C(=O)N1CCCCCC1. The Morgan fingerprint density at radius 1 is 1.04 bits per heavy atom. The fourth-order valence-electron chi connectivity index (χ4n) is 3.03. The minimum Gasteiger partial charge on any atom is -0.454 e. The van der Waals surface area contributed by atoms with Gasteiger partial charge in [0.25, 0.3) is 0 Å². The van der Waals surface area contributed by atoms with Gasteiger partial charge in [0.15, 0.2) is 11.5 Å². The normalized spacial score (nSPS) is 17.3. The molecule has 0 bridgehead atoms. The average Bonchev–Trinajstić information content (AvgIpc) is 2.86. The maximum absolute atomic E-state index is 12.8. The molecule has 6 nitrogen and oxygen atoms in total. The van der Waals surface area contributed by atoms with Crippen molar-refractivity contribution < 1.29 is 19.1 Å². The van der Waals surface area contributed by atoms with Gasteiger partial charge in [-0.1, -0.05) is 12.8 Å². The van der Waals surface area contributed by atoms with Crippen LogP contribution in [-0.2, 0) is 9.59 Å². The molecule has 0 radical (unpaired) electrons. The van der Waals surface area contributed by atoms with E-state index in [-0.39, 0.29) is 18.6 Å². The van der Waals surface area contributed by atoms with Crippen molar-refractivity contribution in [1.29, 1.82) is 0 Å². The molecule has 0 spiro atoms. The number of nitrogens with one attached hydrogen (secondary N) is 1. The Kier molecular flexibility index (Phi) is 4.64. The van der Waals surface area contributed by atoms with Crippen molar-refractivity contribution in [2.24, 2.45) is 5.41 Å². The Bertz CT molecular complexity index is 634. The number of carbonyl (C=O) groups excluding carboxylic acids is 2. The highest BCUT2D eigenvalue weighted by atomic mass is 16.7. The van der Waals surface area contributed by atoms with Gasteiger partial charge in [0.05, 0.1) is 0 Å². The Morgan fingerprint density at radius 3 is 2.42 bits per heavy atom. The van der Waals surface area contributed by atoms with Crippen LogP contribution in [0.2, 0.25) is 0 Å². The smallest absolute Gasteiger partial charge is 0.239 e. The zero-order valence-corrected chi connectivity index (χ0v) is 14.3. The molecule has 0 unspecified atom stereocenters. The van der Waals surface area contributed by atoms with E-state index in [0.717, 1.165) is 38.8 Å². The standard InChI is InChI=1S/C18H24N2O4/c1-18(2,17(22)20-9-5-3-4-6-10-20)16(21)19-13-7-8-14-15(11-13)24-12-23-14/h7-8,11H,3-6,9-10,12H2,1-2H3,(H,19,21). The van der Waals surface area contributed by atoms with Crippen molar-refractivity contribution in [2.75, 3.05) is 25.2 Å². The Hall–Kier alpha value is -2.24. The number of hydrogen-bond acceptors (Lipinski definition) is 4. The number of nitrogens with zero attached hydrogens (tertiary/aromatic N) is 1. The van der Waals surface area contributed by atoms with Crippen LogP contribution in [-0.4, -0.2) is 36.6 Å². The third-order valence-corrected chi connectivity index (χ3v) is 4.63. The lowest BCUT2D eigenvalue weighted by Gasteiger charge is -2.30. The molecule has 0 atom stereocenters. The van der Waals surface area contributed by atoms with E-state index in [0.29, 0.717) is 17.2 Å². The number of hydrogen-bond donors (Lipinski definition) is 1. The fraction of sp³-hybridized carbons (Fsp3) is 0.556. The summed E-state index contributed by atoms with van der Waals surface area (Å²) >= 11 is 0. The predicted octanol–water partition coefficient (Wildman–Crippen LogP) is 2.78. The van der Waals surface area contributed by atoms with Crippen LogP contribution in [0.3, 0.4) is 0 Å². The van der Waals surface area contributed by atoms with Crippen molar-refractivity contribution in [3.63, 3.8) is 0 Å². The van der Waals surface area contributed by atoms with Crippen molar-refractivity contribution >= 4 is 17.5 Å². The molecular formula is C18H24N2O4. The van der Waals surface area contributed by atoms with E-state index in [9.17, 15) is 9.59 Å². The lowest BCUT2D eigenvalue weighted by Crippen LogP contribution is -2.47. The van der Waals surface area contributed by atoms with E-state index < -0.39 is 5.41 Å². The Balaban J connectivity index is 1.69. The minimum absolute atomic E-state index is 0.109. The van der Waals surface area contributed by atoms with Crippen LogP contribution in [0.1, 0.15) is 39.5 Å². The van der Waals surface area contributed by atoms with Gasteiger partial charge in [-0.3, -0.25) is 9.59 Å². The summed E-state index contributed by atoms with van der Waals surface area (Å²) in [5.41, 5.74) is -0.512. The summed E-state index contributed by atoms with van der Waals surface area (Å²) in [6.45, 7) is 5.02. The molecule has 130 valence electrons. The highest BCUT2D eigenvalue weighted by Crippen LogP contribution is 2.34. The molecule has 1 fully saturated rings. The van der Waals surface area contributed by atoms with Gasteiger partial charge in [-0.25, -0.2) is 0 Å². The summed E-state index contributed by atoms with van der Waals surface area (Å²) in [4.78, 5) is 27.3. The van der Waals surface area contributed by atoms with Crippen LogP contribution < -0.4 is 14.8 Å². The summed E-state index contributed by atoms with van der Waals surface area (Å²) < 4.78 is 10.6. The largest absolute Gasteiger partial charge is 0.454 e. The molecule has 0 saturated carbocycles. The highest BCUT2D eigenvalue weighted by molar-refractivity contribution is 6.09. The second-order valence-electron chi connectivity index (χ2n) is 6.85. The predicted molar refractivity (Wildman–Crippen MR) is 90.0 cm³/mol. The number of anilines is 1. The molecular weight excluding hydrogens is 308 g/mol. The lowest BCUT2D eigenvalue weighted by atomic mass is 9.90. The first-order valence-electron chi connectivity index (χ1n) is 8.49. The van der Waals surface area contributed by atoms with Gasteiger partial charge >= 0.3 is 0 Å². The Labute approximate surface area is 142 Å². The van der Waals surface area contributed by atoms with Gasteiger partial charge in [0.2, 0.25) is 18.6 Å². The molecule has 1 aromatic rings. The number of fused-ring (bicyclic) bond motifs is 1. The van der Waals surface area contributed by atoms with E-state index in [4.69, 9.17) is 9.47 Å². The molecule has 0 aliphatic carbocycles. The van der Waals surface area contributed by atoms with E-state index >= 15 is 0 Å². The zero-order chi connectivity index (χ0) is 17.2. The van der Waals surface area contributed by atoms with Crippen molar-refractivity contribution in [3.8, 4) is 11.5 Å². The Morgan fingerprint density at radius 2 is 1.71 bits per heavy atom. The first-order valence-corrected chi connectivity index (χ1v) is 8.49. The molecule has 2 aliphatic rings. The topological polar surface area (TPSA) is 67.9 Å². The van der Waals surface area contributed by atoms with Crippen LogP contribution in [0.5, 0.6) is 11.5 Å². The monoisotopic (exact) mass is 332 g/mol. The summed E-state index contributed by atoms with van der Waals surface area (Å²) in [5.74, 6) is 0.843. The van der Waals surface area contributed by atoms with Crippen LogP contribution in [0, 0.1) is 5.41 Å². The summed E-state index contributed by atoms with van der Waals surface area (Å²) in [6, 6.07) is 5.21. The van der Waals surface area contributed by atoms with Gasteiger partial charge in [0, 0.05) is 24.8 Å². The van der Waals surface area contributed by atoms with Crippen LogP contribution in [0.15, 0.2) is 18.2 Å². The van der Waals surface area contributed by atoms with E-state index in [2.05, 4.69) is 5.32 Å². The number of rotatable bonds is 3. The van der Waals surface area contributed by atoms with Crippen LogP contribution in [0.4, 0.5) is 5.69 Å². The first kappa shape index (κ1) is 16.6. The first-order chi connectivity index (χ1) is 11.5. The highest BCUT2D eigenvalue weighted by Gasteiger charge is 2.39. The summed E-state index contributed by atoms with van der Waals surface area (Å²) in [7, 11) is 0. The molecule has 1 saturated heterocycles. The van der Waals surface area contributed by atoms with E-state index in [1.165, 1.54) is 0 Å². The van der Waals surface area contributed by atoms with Gasteiger partial charge in [-0.2, -0.15) is 0 Å². The maximum atomic E-state index is 12.8. The molecule has 2 amide bonds. The third kappa shape index (κ3) is 3.32. The summed E-state index contributed by atoms with van der Waals surface area (Å²) in [6.07, 6.45) is 4.30. The number of carbonyl (C=O) groups is 2. The fourth-order valence-corrected chi connectivity index (χ4v) is 3.03. The summed E-state index contributed by atoms with van der Waals surface area (Å²) in [5, 5.41) is 2.83. The van der Waals surface area contributed by atoms with Crippen molar-refractivity contribution in [3.05, 3.63) is 18.2 Å². The molecule has 6 heteroatoms. The van der Waals surface area contributed by atoms with Crippen LogP contribution in [0.25, 0.3) is 0 Å². The van der Waals surface area contributed by atoms with Gasteiger partial charge in [-0.15, -0.1) is 0 Å². The number of likely N-dealkylation sites (tertiary alicyclic amines) is 1. The lowest BCUT2D eigenvalue weighted by molar-refractivity contribution is -0.146. The number of benzene rings is 1. The maximum Gasteiger partial charge on any atom is 0.239 e. The van der Waals surface area contributed by atoms with Gasteiger partial charge in [0.1, 0.15) is 5.41 Å². The molecule has 3 rings (SSSR count). The van der Waals surface area contributed by atoms with Crippen molar-refractivity contribution in [1.82, 2.24) is 4.90 Å². The van der Waals surface area contributed by atoms with E-state index in [1.54, 1.807) is 32.0 Å². The van der Waals surface area contributed by atoms with Crippen molar-refractivity contribution in [2.45, 2.75) is 39.5 Å². The second-order valence-corrected chi connectivity index (χ2v) is 6.85. The average molecular weight is 332 g/mol. The van der Waals surface area contributed by atoms with Crippen LogP contribution >= 0.6 is 0 Å². The third-order valence-electron chi connectivity index (χ3n) is 4.63. The molecule has 24 heavy (non-hydrogen) atoms. The number of amides is 2. The number of ether oxygens (including phenoxy) is 2. The quantitative estimate of drug-likeness (QED) is 0.864. The molecule has 1 aromatic carbocycles. The van der Waals surface area contributed by atoms with E-state index in [1.807, 2.05) is 4.90 Å². The van der Waals surface area contributed by atoms with Gasteiger partial charge < -0.3 is 19.7 Å². The second kappa shape index (κ2) is 6.71. The molecule has 2 aliphatic heterocycles. The zero-order valence-electron chi connectivity index (χ0n) is 14.3. The minimum atomic E-state index is -1.11. The molecule has 1 N–H and O–H groups in total. The van der Waals surface area contributed by atoms with Gasteiger partial charge in [-0.05, 0) is 38.8 Å².